The second-order valence-corrected chi connectivity index (χ2v) is 8.66. The molecule has 0 radical (unpaired) electrons. The predicted molar refractivity (Wildman–Crippen MR) is 131 cm³/mol. The number of fused-ring (bicyclic) bond motifs is 2. The zero-order chi connectivity index (χ0) is 22.8. The molecule has 1 aliphatic heterocycles. The molecule has 5 rings (SSSR count). The van der Waals surface area contributed by atoms with Crippen molar-refractivity contribution in [2.75, 3.05) is 31.1 Å². The van der Waals surface area contributed by atoms with Crippen molar-refractivity contribution in [3.63, 3.8) is 0 Å². The SMILES string of the molecule is CCN1CCC(Oc2nc(CN(CC)c3ncnc4nc[nH]c34)cc3cccc(C)c23)CC1. The molecule has 8 nitrogen and oxygen atoms in total. The van der Waals surface area contributed by atoms with Crippen LogP contribution in [0.4, 0.5) is 5.82 Å². The van der Waals surface area contributed by atoms with Crippen LogP contribution in [0.5, 0.6) is 5.88 Å². The largest absolute Gasteiger partial charge is 0.474 e. The van der Waals surface area contributed by atoms with Crippen LogP contribution in [0.15, 0.2) is 36.9 Å². The van der Waals surface area contributed by atoms with Gasteiger partial charge in [-0.15, -0.1) is 0 Å². The standard InChI is InChI=1S/C25H31N7O/c1-4-31-11-9-20(10-12-31)33-25-21-17(3)7-6-8-18(21)13-19(30-25)14-32(5-2)24-22-23(27-15-26-22)28-16-29-24/h6-8,13,15-16,20H,4-5,9-12,14H2,1-3H3,(H,26,27,28,29). The Balaban J connectivity index is 1.47. The number of imidazole rings is 1. The van der Waals surface area contributed by atoms with Crippen LogP contribution in [0.1, 0.15) is 37.9 Å². The zero-order valence-corrected chi connectivity index (χ0v) is 19.6. The van der Waals surface area contributed by atoms with Gasteiger partial charge in [0.05, 0.1) is 18.6 Å². The average molecular weight is 446 g/mol. The molecule has 4 aromatic rings. The number of piperidine rings is 1. The van der Waals surface area contributed by atoms with Gasteiger partial charge in [0.2, 0.25) is 5.88 Å². The highest BCUT2D eigenvalue weighted by Gasteiger charge is 2.22. The summed E-state index contributed by atoms with van der Waals surface area (Å²) in [6.45, 7) is 11.1. The third-order valence-electron chi connectivity index (χ3n) is 6.58. The van der Waals surface area contributed by atoms with Gasteiger partial charge >= 0.3 is 0 Å². The van der Waals surface area contributed by atoms with E-state index in [-0.39, 0.29) is 6.10 Å². The smallest absolute Gasteiger partial charge is 0.222 e. The van der Waals surface area contributed by atoms with Gasteiger partial charge in [-0.2, -0.15) is 0 Å². The number of hydrogen-bond acceptors (Lipinski definition) is 7. The van der Waals surface area contributed by atoms with Crippen molar-refractivity contribution < 1.29 is 4.74 Å². The van der Waals surface area contributed by atoms with Crippen LogP contribution in [0.25, 0.3) is 21.9 Å². The number of anilines is 1. The van der Waals surface area contributed by atoms with Crippen LogP contribution in [0, 0.1) is 6.92 Å². The number of H-pyrrole nitrogens is 1. The zero-order valence-electron chi connectivity index (χ0n) is 19.6. The van der Waals surface area contributed by atoms with E-state index in [0.29, 0.717) is 12.2 Å². The number of nitrogens with zero attached hydrogens (tertiary/aromatic N) is 6. The molecule has 1 aromatic carbocycles. The highest BCUT2D eigenvalue weighted by atomic mass is 16.5. The van der Waals surface area contributed by atoms with E-state index >= 15 is 0 Å². The molecule has 1 N–H and O–H groups in total. The number of nitrogens with one attached hydrogen (secondary N) is 1. The van der Waals surface area contributed by atoms with Crippen LogP contribution in [0.2, 0.25) is 0 Å². The van der Waals surface area contributed by atoms with Crippen molar-refractivity contribution in [3.8, 4) is 5.88 Å². The Hall–Kier alpha value is -3.26. The summed E-state index contributed by atoms with van der Waals surface area (Å²) in [6.07, 6.45) is 5.49. The van der Waals surface area contributed by atoms with Gasteiger partial charge in [0.15, 0.2) is 11.5 Å². The fourth-order valence-corrected chi connectivity index (χ4v) is 4.69. The number of hydrogen-bond donors (Lipinski definition) is 1. The molecule has 0 spiro atoms. The maximum absolute atomic E-state index is 6.56. The van der Waals surface area contributed by atoms with E-state index < -0.39 is 0 Å². The van der Waals surface area contributed by atoms with Gasteiger partial charge in [-0.1, -0.05) is 25.1 Å². The second-order valence-electron chi connectivity index (χ2n) is 8.66. The molecule has 3 aromatic heterocycles. The van der Waals surface area contributed by atoms with Gasteiger partial charge in [-0.3, -0.25) is 0 Å². The molecule has 0 aliphatic carbocycles. The molecular weight excluding hydrogens is 414 g/mol. The van der Waals surface area contributed by atoms with Crippen LogP contribution >= 0.6 is 0 Å². The maximum atomic E-state index is 6.56. The minimum Gasteiger partial charge on any atom is -0.474 e. The molecule has 33 heavy (non-hydrogen) atoms. The van der Waals surface area contributed by atoms with Gasteiger partial charge in [-0.05, 0) is 50.2 Å². The normalized spacial score (nSPS) is 15.4. The Bertz CT molecular complexity index is 1250. The molecule has 0 atom stereocenters. The molecule has 0 bridgehead atoms. The molecular formula is C25H31N7O. The summed E-state index contributed by atoms with van der Waals surface area (Å²) in [5, 5.41) is 2.27. The van der Waals surface area contributed by atoms with Crippen molar-refractivity contribution in [2.45, 2.75) is 46.3 Å². The molecule has 0 saturated carbocycles. The minimum atomic E-state index is 0.201. The number of aryl methyl sites for hydroxylation is 1. The van der Waals surface area contributed by atoms with Crippen LogP contribution < -0.4 is 9.64 Å². The van der Waals surface area contributed by atoms with E-state index in [9.17, 15) is 0 Å². The molecule has 1 aliphatic rings. The summed E-state index contributed by atoms with van der Waals surface area (Å²) >= 11 is 0. The van der Waals surface area contributed by atoms with Crippen LogP contribution in [-0.2, 0) is 6.54 Å². The third kappa shape index (κ3) is 4.35. The quantitative estimate of drug-likeness (QED) is 0.458. The predicted octanol–water partition coefficient (Wildman–Crippen LogP) is 4.10. The molecule has 1 saturated heterocycles. The highest BCUT2D eigenvalue weighted by molar-refractivity contribution is 5.90. The van der Waals surface area contributed by atoms with Crippen molar-refractivity contribution in [2.24, 2.45) is 0 Å². The first-order chi connectivity index (χ1) is 16.2. The summed E-state index contributed by atoms with van der Waals surface area (Å²) in [5.41, 5.74) is 3.66. The van der Waals surface area contributed by atoms with E-state index in [1.54, 1.807) is 12.7 Å². The first kappa shape index (κ1) is 21.6. The van der Waals surface area contributed by atoms with Gasteiger partial charge < -0.3 is 19.5 Å². The summed E-state index contributed by atoms with van der Waals surface area (Å²) in [7, 11) is 0. The first-order valence-electron chi connectivity index (χ1n) is 11.8. The lowest BCUT2D eigenvalue weighted by Crippen LogP contribution is -2.38. The minimum absolute atomic E-state index is 0.201. The molecule has 172 valence electrons. The lowest BCUT2D eigenvalue weighted by Gasteiger charge is -2.31. The van der Waals surface area contributed by atoms with E-state index in [2.05, 4.69) is 74.8 Å². The summed E-state index contributed by atoms with van der Waals surface area (Å²) in [4.78, 5) is 25.9. The number of rotatable bonds is 7. The van der Waals surface area contributed by atoms with Gasteiger partial charge in [0.1, 0.15) is 17.9 Å². The Morgan fingerprint density at radius 3 is 2.79 bits per heavy atom. The van der Waals surface area contributed by atoms with E-state index in [0.717, 1.165) is 72.7 Å². The number of benzene rings is 1. The van der Waals surface area contributed by atoms with Crippen LogP contribution in [0.3, 0.4) is 0 Å². The summed E-state index contributed by atoms with van der Waals surface area (Å²) in [5.74, 6) is 1.58. The van der Waals surface area contributed by atoms with E-state index in [1.807, 2.05) is 0 Å². The Morgan fingerprint density at radius 1 is 1.15 bits per heavy atom. The maximum Gasteiger partial charge on any atom is 0.222 e. The van der Waals surface area contributed by atoms with Gasteiger partial charge in [0.25, 0.3) is 0 Å². The third-order valence-corrected chi connectivity index (χ3v) is 6.58. The number of aromatic nitrogens is 5. The van der Waals surface area contributed by atoms with Crippen LogP contribution in [-0.4, -0.2) is 62.1 Å². The molecule has 1 fully saturated rings. The number of ether oxygens (including phenoxy) is 1. The van der Waals surface area contributed by atoms with Crippen molar-refractivity contribution >= 4 is 27.8 Å². The second kappa shape index (κ2) is 9.31. The number of pyridine rings is 1. The summed E-state index contributed by atoms with van der Waals surface area (Å²) in [6, 6.07) is 8.54. The lowest BCUT2D eigenvalue weighted by atomic mass is 10.1. The Kier molecular flexibility index (Phi) is 6.09. The molecule has 0 amide bonds. The fourth-order valence-electron chi connectivity index (χ4n) is 4.69. The van der Waals surface area contributed by atoms with Crippen molar-refractivity contribution in [1.29, 1.82) is 0 Å². The van der Waals surface area contributed by atoms with E-state index in [1.165, 1.54) is 5.56 Å². The molecule has 0 unspecified atom stereocenters. The van der Waals surface area contributed by atoms with Crippen molar-refractivity contribution in [1.82, 2.24) is 29.8 Å². The Morgan fingerprint density at radius 2 is 2.00 bits per heavy atom. The van der Waals surface area contributed by atoms with E-state index in [4.69, 9.17) is 9.72 Å². The monoisotopic (exact) mass is 445 g/mol. The summed E-state index contributed by atoms with van der Waals surface area (Å²) < 4.78 is 6.56. The van der Waals surface area contributed by atoms with Gasteiger partial charge in [0, 0.05) is 25.0 Å². The Labute approximate surface area is 194 Å². The highest BCUT2D eigenvalue weighted by Crippen LogP contribution is 2.31. The lowest BCUT2D eigenvalue weighted by molar-refractivity contribution is 0.101. The first-order valence-corrected chi connectivity index (χ1v) is 11.8. The van der Waals surface area contributed by atoms with Gasteiger partial charge in [-0.25, -0.2) is 19.9 Å². The molecule has 8 heteroatoms. The van der Waals surface area contributed by atoms with Crippen molar-refractivity contribution in [3.05, 3.63) is 48.2 Å². The number of likely N-dealkylation sites (tertiary alicyclic amines) is 1. The number of aromatic amines is 1. The topological polar surface area (TPSA) is 83.1 Å². The molecule has 4 heterocycles. The fraction of sp³-hybridized carbons (Fsp3) is 0.440. The average Bonchev–Trinajstić information content (AvgIpc) is 3.32.